The van der Waals surface area contributed by atoms with Gasteiger partial charge in [-0.25, -0.2) is 8.42 Å². The maximum atomic E-state index is 12.5. The summed E-state index contributed by atoms with van der Waals surface area (Å²) in [6.45, 7) is 5.94. The molecular weight excluding hydrogens is 349 g/mol. The first-order valence-electron chi connectivity index (χ1n) is 6.90. The van der Waals surface area contributed by atoms with Gasteiger partial charge in [0.1, 0.15) is 11.1 Å². The smallest absolute Gasteiger partial charge is 0.172 e. The van der Waals surface area contributed by atoms with Crippen molar-refractivity contribution < 1.29 is 18.0 Å². The van der Waals surface area contributed by atoms with Crippen LogP contribution in [-0.4, -0.2) is 26.0 Å². The van der Waals surface area contributed by atoms with Gasteiger partial charge in [-0.05, 0) is 32.4 Å². The fourth-order valence-electron chi connectivity index (χ4n) is 2.22. The molecule has 0 aliphatic carbocycles. The molecule has 0 bridgehead atoms. The third kappa shape index (κ3) is 4.06. The van der Waals surface area contributed by atoms with Crippen molar-refractivity contribution in [3.63, 3.8) is 0 Å². The number of hydroxylamine groups is 1. The molecule has 1 fully saturated rings. The molecule has 0 amide bonds. The fourth-order valence-corrected chi connectivity index (χ4v) is 4.48. The Morgan fingerprint density at radius 2 is 2.05 bits per heavy atom. The minimum atomic E-state index is -3.47. The number of hydrogen-bond acceptors (Lipinski definition) is 5. The van der Waals surface area contributed by atoms with E-state index in [9.17, 15) is 8.42 Å². The second-order valence-electron chi connectivity index (χ2n) is 5.79. The number of ether oxygens (including phenoxy) is 1. The van der Waals surface area contributed by atoms with Crippen LogP contribution >= 0.6 is 23.2 Å². The monoisotopic (exact) mass is 367 g/mol. The van der Waals surface area contributed by atoms with Gasteiger partial charge in [0.05, 0.1) is 23.0 Å². The molecule has 1 saturated heterocycles. The van der Waals surface area contributed by atoms with E-state index in [1.165, 1.54) is 6.07 Å². The number of hydrogen-bond donors (Lipinski definition) is 1. The van der Waals surface area contributed by atoms with Crippen molar-refractivity contribution in [1.82, 2.24) is 5.48 Å². The zero-order chi connectivity index (χ0) is 16.5. The van der Waals surface area contributed by atoms with E-state index in [0.717, 1.165) is 0 Å². The maximum Gasteiger partial charge on any atom is 0.172 e. The minimum Gasteiger partial charge on any atom is -0.492 e. The first kappa shape index (κ1) is 17.8. The van der Waals surface area contributed by atoms with E-state index in [0.29, 0.717) is 34.4 Å². The van der Waals surface area contributed by atoms with Gasteiger partial charge in [0.15, 0.2) is 9.84 Å². The second-order valence-corrected chi connectivity index (χ2v) is 8.78. The average Bonchev–Trinajstić information content (AvgIpc) is 2.77. The molecule has 1 unspecified atom stereocenters. The van der Waals surface area contributed by atoms with Gasteiger partial charge in [0.25, 0.3) is 0 Å². The molecule has 1 aliphatic heterocycles. The van der Waals surface area contributed by atoms with Gasteiger partial charge in [-0.1, -0.05) is 23.2 Å². The summed E-state index contributed by atoms with van der Waals surface area (Å²) in [5.41, 5.74) is 2.51. The third-order valence-corrected chi connectivity index (χ3v) is 5.83. The molecule has 0 aromatic heterocycles. The van der Waals surface area contributed by atoms with Crippen LogP contribution in [0.5, 0.6) is 5.75 Å². The summed E-state index contributed by atoms with van der Waals surface area (Å²) in [5, 5.41) is -0.106. The van der Waals surface area contributed by atoms with Crippen molar-refractivity contribution in [2.75, 3.05) is 6.61 Å². The van der Waals surface area contributed by atoms with E-state index < -0.39 is 20.8 Å². The molecular formula is C14H19Cl2NO4S. The predicted octanol–water partition coefficient (Wildman–Crippen LogP) is 3.34. The normalized spacial score (nSPS) is 21.0. The van der Waals surface area contributed by atoms with Crippen LogP contribution < -0.4 is 10.2 Å². The van der Waals surface area contributed by atoms with Gasteiger partial charge in [-0.2, -0.15) is 5.48 Å². The highest BCUT2D eigenvalue weighted by Crippen LogP contribution is 2.34. The van der Waals surface area contributed by atoms with Crippen molar-refractivity contribution in [2.45, 2.75) is 43.9 Å². The zero-order valence-electron chi connectivity index (χ0n) is 12.7. The lowest BCUT2D eigenvalue weighted by Crippen LogP contribution is -2.31. The van der Waals surface area contributed by atoms with Crippen LogP contribution in [0.25, 0.3) is 0 Å². The Morgan fingerprint density at radius 3 is 2.59 bits per heavy atom. The molecule has 8 heteroatoms. The molecule has 5 nitrogen and oxygen atoms in total. The van der Waals surface area contributed by atoms with Crippen molar-refractivity contribution in [3.8, 4) is 5.75 Å². The Kier molecular flexibility index (Phi) is 5.29. The minimum absolute atomic E-state index is 0.213. The van der Waals surface area contributed by atoms with Gasteiger partial charge < -0.3 is 4.74 Å². The predicted molar refractivity (Wildman–Crippen MR) is 87.0 cm³/mol. The topological polar surface area (TPSA) is 64.6 Å². The summed E-state index contributed by atoms with van der Waals surface area (Å²) in [5.74, 6) is 0.230. The molecule has 1 heterocycles. The van der Waals surface area contributed by atoms with Crippen LogP contribution in [0.4, 0.5) is 0 Å². The number of sulfone groups is 1. The Morgan fingerprint density at radius 1 is 1.36 bits per heavy atom. The number of benzene rings is 1. The Balaban J connectivity index is 2.21. The van der Waals surface area contributed by atoms with Gasteiger partial charge in [-0.3, -0.25) is 4.84 Å². The molecule has 1 N–H and O–H groups in total. The summed E-state index contributed by atoms with van der Waals surface area (Å²) < 4.78 is 30.3. The number of rotatable bonds is 5. The van der Waals surface area contributed by atoms with E-state index in [1.807, 2.05) is 20.8 Å². The van der Waals surface area contributed by atoms with Gasteiger partial charge >= 0.3 is 0 Å². The van der Waals surface area contributed by atoms with Gasteiger partial charge in [-0.15, -0.1) is 0 Å². The molecule has 0 spiro atoms. The van der Waals surface area contributed by atoms with Crippen LogP contribution in [0.2, 0.25) is 10.0 Å². The van der Waals surface area contributed by atoms with Crippen molar-refractivity contribution in [1.29, 1.82) is 0 Å². The lowest BCUT2D eigenvalue weighted by molar-refractivity contribution is -0.0281. The van der Waals surface area contributed by atoms with Crippen LogP contribution in [0.1, 0.15) is 32.8 Å². The summed E-state index contributed by atoms with van der Waals surface area (Å²) in [6.07, 6.45) is 0.373. The van der Waals surface area contributed by atoms with Crippen LogP contribution in [-0.2, 0) is 20.4 Å². The Hall–Kier alpha value is -0.530. The molecule has 124 valence electrons. The van der Waals surface area contributed by atoms with Crippen molar-refractivity contribution >= 4 is 33.0 Å². The van der Waals surface area contributed by atoms with E-state index in [1.54, 1.807) is 6.07 Å². The largest absolute Gasteiger partial charge is 0.492 e. The highest BCUT2D eigenvalue weighted by molar-refractivity contribution is 7.91. The molecule has 0 saturated carbocycles. The highest BCUT2D eigenvalue weighted by atomic mass is 35.5. The molecule has 1 aromatic carbocycles. The fraction of sp³-hybridized carbons (Fsp3) is 0.571. The lowest BCUT2D eigenvalue weighted by atomic mass is 10.1. The molecule has 1 aromatic rings. The third-order valence-electron chi connectivity index (χ3n) is 3.33. The van der Waals surface area contributed by atoms with E-state index in [-0.39, 0.29) is 5.75 Å². The summed E-state index contributed by atoms with van der Waals surface area (Å²) in [4.78, 5) is 5.27. The summed E-state index contributed by atoms with van der Waals surface area (Å²) >= 11 is 12.2. The standard InChI is InChI=1S/C14H19Cl2NO4S/c1-4-20-12-6-10(15)9(5-11(12)16)8-22(18,19)13-7-14(2,3)21-17-13/h5-6,13,17H,4,7-8H2,1-3H3. The molecule has 2 rings (SSSR count). The van der Waals surface area contributed by atoms with Crippen LogP contribution in [0, 0.1) is 0 Å². The lowest BCUT2D eigenvalue weighted by Gasteiger charge is -2.14. The van der Waals surface area contributed by atoms with E-state index in [2.05, 4.69) is 5.48 Å². The zero-order valence-corrected chi connectivity index (χ0v) is 15.0. The summed E-state index contributed by atoms with van der Waals surface area (Å²) in [7, 11) is -3.47. The molecule has 0 radical (unpaired) electrons. The van der Waals surface area contributed by atoms with Crippen LogP contribution in [0.15, 0.2) is 12.1 Å². The second kappa shape index (κ2) is 6.53. The average molecular weight is 368 g/mol. The highest BCUT2D eigenvalue weighted by Gasteiger charge is 2.40. The van der Waals surface area contributed by atoms with E-state index in [4.69, 9.17) is 32.8 Å². The van der Waals surface area contributed by atoms with Gasteiger partial charge in [0.2, 0.25) is 0 Å². The van der Waals surface area contributed by atoms with Gasteiger partial charge in [0, 0.05) is 17.5 Å². The van der Waals surface area contributed by atoms with Crippen LogP contribution in [0.3, 0.4) is 0 Å². The van der Waals surface area contributed by atoms with Crippen molar-refractivity contribution in [3.05, 3.63) is 27.7 Å². The maximum absolute atomic E-state index is 12.5. The molecule has 1 atom stereocenters. The molecule has 22 heavy (non-hydrogen) atoms. The SMILES string of the molecule is CCOc1cc(Cl)c(CS(=O)(=O)C2CC(C)(C)ON2)cc1Cl. The summed E-state index contributed by atoms with van der Waals surface area (Å²) in [6, 6.07) is 3.08. The number of nitrogens with one attached hydrogen (secondary N) is 1. The number of halogens is 2. The molecule has 1 aliphatic rings. The van der Waals surface area contributed by atoms with E-state index >= 15 is 0 Å². The Labute approximate surface area is 140 Å². The first-order chi connectivity index (χ1) is 10.1. The van der Waals surface area contributed by atoms with Crippen molar-refractivity contribution in [2.24, 2.45) is 0 Å². The first-order valence-corrected chi connectivity index (χ1v) is 9.37. The quantitative estimate of drug-likeness (QED) is 0.864. The Bertz CT molecular complexity index is 661.